The third kappa shape index (κ3) is 5.12. The summed E-state index contributed by atoms with van der Waals surface area (Å²) in [7, 11) is 4.17. The number of hydrogen-bond donors (Lipinski definition) is 1. The van der Waals surface area contributed by atoms with Crippen LogP contribution in [0.2, 0.25) is 0 Å². The van der Waals surface area contributed by atoms with Crippen LogP contribution in [-0.2, 0) is 0 Å². The Morgan fingerprint density at radius 1 is 1.00 bits per heavy atom. The van der Waals surface area contributed by atoms with E-state index in [-0.39, 0.29) is 0 Å². The number of para-hydroxylation sites is 2. The van der Waals surface area contributed by atoms with Crippen molar-refractivity contribution in [1.29, 1.82) is 0 Å². The molecule has 17 heavy (non-hydrogen) atoms. The third-order valence-electron chi connectivity index (χ3n) is 2.98. The van der Waals surface area contributed by atoms with Crippen molar-refractivity contribution in [3.05, 3.63) is 24.3 Å². The molecule has 0 saturated carbocycles. The lowest BCUT2D eigenvalue weighted by molar-refractivity contribution is 0.645. The summed E-state index contributed by atoms with van der Waals surface area (Å²) in [5, 5.41) is 3.53. The highest BCUT2D eigenvalue weighted by Gasteiger charge is 2.01. The van der Waals surface area contributed by atoms with Gasteiger partial charge in [-0.1, -0.05) is 44.7 Å². The quantitative estimate of drug-likeness (QED) is 0.680. The molecule has 1 N–H and O–H groups in total. The molecule has 0 fully saturated rings. The summed E-state index contributed by atoms with van der Waals surface area (Å²) >= 11 is 0. The molecule has 0 spiro atoms. The standard InChI is InChI=1S/C15H26N2/c1-4-5-6-7-10-13-16-14-11-8-9-12-15(14)17(2)3/h8-9,11-12,16H,4-7,10,13H2,1-3H3. The van der Waals surface area contributed by atoms with Gasteiger partial charge in [-0.2, -0.15) is 0 Å². The van der Waals surface area contributed by atoms with Gasteiger partial charge in [0.1, 0.15) is 0 Å². The maximum Gasteiger partial charge on any atom is 0.0596 e. The monoisotopic (exact) mass is 234 g/mol. The van der Waals surface area contributed by atoms with Crippen LogP contribution < -0.4 is 10.2 Å². The maximum absolute atomic E-state index is 3.53. The van der Waals surface area contributed by atoms with Crippen molar-refractivity contribution in [2.75, 3.05) is 30.9 Å². The van der Waals surface area contributed by atoms with Crippen LogP contribution in [0.5, 0.6) is 0 Å². The zero-order chi connectivity index (χ0) is 12.5. The molecule has 0 amide bonds. The van der Waals surface area contributed by atoms with Crippen molar-refractivity contribution in [2.45, 2.75) is 39.0 Å². The first-order valence-electron chi connectivity index (χ1n) is 6.76. The van der Waals surface area contributed by atoms with Crippen LogP contribution in [0.15, 0.2) is 24.3 Å². The Bertz CT molecular complexity index is 308. The second-order valence-electron chi connectivity index (χ2n) is 4.75. The van der Waals surface area contributed by atoms with Gasteiger partial charge in [0.25, 0.3) is 0 Å². The van der Waals surface area contributed by atoms with E-state index >= 15 is 0 Å². The topological polar surface area (TPSA) is 15.3 Å². The third-order valence-corrected chi connectivity index (χ3v) is 2.98. The molecule has 2 heteroatoms. The lowest BCUT2D eigenvalue weighted by Crippen LogP contribution is -2.12. The molecule has 0 bridgehead atoms. The molecule has 0 atom stereocenters. The van der Waals surface area contributed by atoms with Gasteiger partial charge in [0.05, 0.1) is 11.4 Å². The van der Waals surface area contributed by atoms with E-state index < -0.39 is 0 Å². The average Bonchev–Trinajstić information content (AvgIpc) is 2.34. The predicted octanol–water partition coefficient (Wildman–Crippen LogP) is 4.13. The van der Waals surface area contributed by atoms with Gasteiger partial charge in [0, 0.05) is 20.6 Å². The largest absolute Gasteiger partial charge is 0.383 e. The Balaban J connectivity index is 2.31. The maximum atomic E-state index is 3.53. The smallest absolute Gasteiger partial charge is 0.0596 e. The fraction of sp³-hybridized carbons (Fsp3) is 0.600. The Labute approximate surface area is 106 Å². The minimum Gasteiger partial charge on any atom is -0.383 e. The number of nitrogens with zero attached hydrogens (tertiary/aromatic N) is 1. The van der Waals surface area contributed by atoms with Crippen LogP contribution in [0.1, 0.15) is 39.0 Å². The summed E-state index contributed by atoms with van der Waals surface area (Å²) in [6.45, 7) is 3.33. The molecular formula is C15H26N2. The number of hydrogen-bond acceptors (Lipinski definition) is 2. The predicted molar refractivity (Wildman–Crippen MR) is 78.0 cm³/mol. The number of benzene rings is 1. The van der Waals surface area contributed by atoms with Gasteiger partial charge in [-0.15, -0.1) is 0 Å². The molecule has 0 aliphatic heterocycles. The van der Waals surface area contributed by atoms with E-state index in [9.17, 15) is 0 Å². The first-order valence-corrected chi connectivity index (χ1v) is 6.76. The first kappa shape index (κ1) is 13.9. The summed E-state index contributed by atoms with van der Waals surface area (Å²) in [4.78, 5) is 2.15. The molecule has 96 valence electrons. The van der Waals surface area contributed by atoms with E-state index in [0.717, 1.165) is 6.54 Å². The minimum atomic E-state index is 1.08. The van der Waals surface area contributed by atoms with E-state index in [1.165, 1.54) is 43.5 Å². The minimum absolute atomic E-state index is 1.08. The molecule has 0 radical (unpaired) electrons. The van der Waals surface area contributed by atoms with Gasteiger partial charge in [-0.05, 0) is 18.6 Å². The second kappa shape index (κ2) is 7.99. The highest BCUT2D eigenvalue weighted by molar-refractivity contribution is 5.69. The fourth-order valence-electron chi connectivity index (χ4n) is 1.96. The van der Waals surface area contributed by atoms with E-state index in [1.54, 1.807) is 0 Å². The summed E-state index contributed by atoms with van der Waals surface area (Å²) in [6, 6.07) is 8.48. The molecule has 1 rings (SSSR count). The van der Waals surface area contributed by atoms with Gasteiger partial charge in [-0.25, -0.2) is 0 Å². The van der Waals surface area contributed by atoms with Crippen LogP contribution in [-0.4, -0.2) is 20.6 Å². The summed E-state index contributed by atoms with van der Waals surface area (Å²) in [6.07, 6.45) is 6.66. The number of nitrogens with one attached hydrogen (secondary N) is 1. The second-order valence-corrected chi connectivity index (χ2v) is 4.75. The normalized spacial score (nSPS) is 10.3. The Hall–Kier alpha value is -1.18. The average molecular weight is 234 g/mol. The number of anilines is 2. The molecule has 0 aliphatic carbocycles. The lowest BCUT2D eigenvalue weighted by Gasteiger charge is -2.18. The van der Waals surface area contributed by atoms with Gasteiger partial charge >= 0.3 is 0 Å². The summed E-state index contributed by atoms with van der Waals surface area (Å²) < 4.78 is 0. The van der Waals surface area contributed by atoms with Crippen LogP contribution in [0, 0.1) is 0 Å². The van der Waals surface area contributed by atoms with Gasteiger partial charge in [-0.3, -0.25) is 0 Å². The first-order chi connectivity index (χ1) is 8.25. The Morgan fingerprint density at radius 3 is 2.41 bits per heavy atom. The van der Waals surface area contributed by atoms with E-state index in [0.29, 0.717) is 0 Å². The molecule has 1 aromatic carbocycles. The SMILES string of the molecule is CCCCCCCNc1ccccc1N(C)C. The van der Waals surface area contributed by atoms with E-state index in [1.807, 2.05) is 0 Å². The fourth-order valence-corrected chi connectivity index (χ4v) is 1.96. The van der Waals surface area contributed by atoms with Gasteiger partial charge < -0.3 is 10.2 Å². The van der Waals surface area contributed by atoms with Gasteiger partial charge in [0.15, 0.2) is 0 Å². The molecule has 0 aliphatic rings. The highest BCUT2D eigenvalue weighted by atomic mass is 15.1. The summed E-state index contributed by atoms with van der Waals surface area (Å²) in [5.41, 5.74) is 2.51. The zero-order valence-corrected chi connectivity index (χ0v) is 11.5. The molecule has 0 saturated heterocycles. The van der Waals surface area contributed by atoms with Crippen molar-refractivity contribution in [1.82, 2.24) is 0 Å². The molecule has 0 unspecified atom stereocenters. The van der Waals surface area contributed by atoms with Crippen LogP contribution >= 0.6 is 0 Å². The number of unbranched alkanes of at least 4 members (excludes halogenated alkanes) is 4. The van der Waals surface area contributed by atoms with Crippen molar-refractivity contribution in [2.24, 2.45) is 0 Å². The van der Waals surface area contributed by atoms with E-state index in [2.05, 4.69) is 55.5 Å². The van der Waals surface area contributed by atoms with Crippen LogP contribution in [0.4, 0.5) is 11.4 Å². The van der Waals surface area contributed by atoms with Crippen molar-refractivity contribution >= 4 is 11.4 Å². The lowest BCUT2D eigenvalue weighted by atomic mass is 10.1. The zero-order valence-electron chi connectivity index (χ0n) is 11.5. The van der Waals surface area contributed by atoms with Crippen LogP contribution in [0.3, 0.4) is 0 Å². The van der Waals surface area contributed by atoms with E-state index in [4.69, 9.17) is 0 Å². The molecule has 1 aromatic rings. The molecule has 2 nitrogen and oxygen atoms in total. The molecule has 0 heterocycles. The highest BCUT2D eigenvalue weighted by Crippen LogP contribution is 2.23. The Morgan fingerprint density at radius 2 is 1.71 bits per heavy atom. The van der Waals surface area contributed by atoms with Crippen molar-refractivity contribution in [3.63, 3.8) is 0 Å². The molecular weight excluding hydrogens is 208 g/mol. The van der Waals surface area contributed by atoms with Crippen molar-refractivity contribution in [3.8, 4) is 0 Å². The van der Waals surface area contributed by atoms with Gasteiger partial charge in [0.2, 0.25) is 0 Å². The summed E-state index contributed by atoms with van der Waals surface area (Å²) in [5.74, 6) is 0. The Kier molecular flexibility index (Phi) is 6.53. The van der Waals surface area contributed by atoms with Crippen molar-refractivity contribution < 1.29 is 0 Å². The molecule has 0 aromatic heterocycles. The number of rotatable bonds is 8. The van der Waals surface area contributed by atoms with Crippen LogP contribution in [0.25, 0.3) is 0 Å².